The minimum atomic E-state index is 0.0756. The quantitative estimate of drug-likeness (QED) is 0.755. The summed E-state index contributed by atoms with van der Waals surface area (Å²) in [6, 6.07) is 0.0756. The fourth-order valence-corrected chi connectivity index (χ4v) is 2.21. The van der Waals surface area contributed by atoms with Crippen molar-refractivity contribution in [2.24, 2.45) is 0 Å². The van der Waals surface area contributed by atoms with Gasteiger partial charge < -0.3 is 14.7 Å². The summed E-state index contributed by atoms with van der Waals surface area (Å²) in [6.45, 7) is 7.17. The smallest absolute Gasteiger partial charge is 0.319 e. The molecule has 0 saturated carbocycles. The lowest BCUT2D eigenvalue weighted by atomic mass is 10.2. The van der Waals surface area contributed by atoms with Crippen LogP contribution in [-0.4, -0.2) is 66.3 Å². The zero-order chi connectivity index (χ0) is 14.0. The zero-order valence-corrected chi connectivity index (χ0v) is 12.1. The number of hydrogen-bond acceptors (Lipinski definition) is 4. The van der Waals surface area contributed by atoms with Crippen molar-refractivity contribution in [1.82, 2.24) is 20.0 Å². The first-order chi connectivity index (χ1) is 9.00. The van der Waals surface area contributed by atoms with Gasteiger partial charge in [-0.3, -0.25) is 0 Å². The van der Waals surface area contributed by atoms with E-state index in [9.17, 15) is 4.79 Å². The maximum absolute atomic E-state index is 11.9. The number of nitrogens with zero attached hydrogens (tertiary/aromatic N) is 5. The standard InChI is InChI=1S/C13H21N5O/c1-10-9-14-15-12(11(10)2)17-5-7-18(8-6-17)13(19)16(3)4/h9H,5-8H2,1-4H3. The molecule has 0 radical (unpaired) electrons. The fraction of sp³-hybridized carbons (Fsp3) is 0.615. The van der Waals surface area contributed by atoms with Gasteiger partial charge in [-0.25, -0.2) is 4.79 Å². The summed E-state index contributed by atoms with van der Waals surface area (Å²) in [5.74, 6) is 0.942. The molecule has 0 N–H and O–H groups in total. The van der Waals surface area contributed by atoms with E-state index in [1.807, 2.05) is 11.8 Å². The Morgan fingerprint density at radius 3 is 2.42 bits per heavy atom. The first kappa shape index (κ1) is 13.6. The molecule has 6 nitrogen and oxygen atoms in total. The molecule has 0 unspecified atom stereocenters. The van der Waals surface area contributed by atoms with E-state index in [1.54, 1.807) is 25.2 Å². The van der Waals surface area contributed by atoms with Gasteiger partial charge in [0.05, 0.1) is 6.20 Å². The van der Waals surface area contributed by atoms with Gasteiger partial charge in [-0.2, -0.15) is 5.10 Å². The van der Waals surface area contributed by atoms with Crippen molar-refractivity contribution in [2.45, 2.75) is 13.8 Å². The number of hydrogen-bond donors (Lipinski definition) is 0. The second kappa shape index (κ2) is 5.42. The van der Waals surface area contributed by atoms with Gasteiger partial charge in [-0.05, 0) is 25.0 Å². The van der Waals surface area contributed by atoms with Crippen LogP contribution in [0.15, 0.2) is 6.20 Å². The monoisotopic (exact) mass is 263 g/mol. The lowest BCUT2D eigenvalue weighted by Gasteiger charge is -2.36. The number of anilines is 1. The van der Waals surface area contributed by atoms with Gasteiger partial charge in [-0.1, -0.05) is 0 Å². The van der Waals surface area contributed by atoms with Crippen LogP contribution < -0.4 is 4.90 Å². The first-order valence-electron chi connectivity index (χ1n) is 6.50. The van der Waals surface area contributed by atoms with E-state index in [2.05, 4.69) is 22.0 Å². The lowest BCUT2D eigenvalue weighted by Crippen LogP contribution is -2.51. The molecule has 19 heavy (non-hydrogen) atoms. The van der Waals surface area contributed by atoms with Gasteiger partial charge in [0.15, 0.2) is 5.82 Å². The summed E-state index contributed by atoms with van der Waals surface area (Å²) < 4.78 is 0. The average Bonchev–Trinajstić information content (AvgIpc) is 2.41. The summed E-state index contributed by atoms with van der Waals surface area (Å²) in [7, 11) is 3.57. The molecule has 0 aliphatic carbocycles. The zero-order valence-electron chi connectivity index (χ0n) is 12.1. The third kappa shape index (κ3) is 2.77. The number of carbonyl (C=O) groups is 1. The van der Waals surface area contributed by atoms with Crippen molar-refractivity contribution in [2.75, 3.05) is 45.2 Å². The molecule has 1 saturated heterocycles. The van der Waals surface area contributed by atoms with Gasteiger partial charge in [0.25, 0.3) is 0 Å². The molecule has 1 aliphatic heterocycles. The molecule has 6 heteroatoms. The molecule has 2 rings (SSSR count). The van der Waals surface area contributed by atoms with Gasteiger partial charge in [-0.15, -0.1) is 5.10 Å². The van der Waals surface area contributed by atoms with E-state index >= 15 is 0 Å². The number of rotatable bonds is 1. The molecule has 1 fully saturated rings. The second-order valence-corrected chi connectivity index (χ2v) is 5.13. The van der Waals surface area contributed by atoms with Crippen LogP contribution >= 0.6 is 0 Å². The van der Waals surface area contributed by atoms with Gasteiger partial charge in [0.1, 0.15) is 0 Å². The Kier molecular flexibility index (Phi) is 3.87. The Balaban J connectivity index is 2.04. The van der Waals surface area contributed by atoms with Crippen LogP contribution in [0.5, 0.6) is 0 Å². The third-order valence-electron chi connectivity index (χ3n) is 3.56. The van der Waals surface area contributed by atoms with Crippen LogP contribution in [0.25, 0.3) is 0 Å². The molecular weight excluding hydrogens is 242 g/mol. The SMILES string of the molecule is Cc1cnnc(N2CCN(C(=O)N(C)C)CC2)c1C. The number of aryl methyl sites for hydroxylation is 1. The highest BCUT2D eigenvalue weighted by Gasteiger charge is 2.24. The maximum atomic E-state index is 11.9. The summed E-state index contributed by atoms with van der Waals surface area (Å²) >= 11 is 0. The van der Waals surface area contributed by atoms with Crippen LogP contribution in [0.3, 0.4) is 0 Å². The van der Waals surface area contributed by atoms with Crippen LogP contribution in [0.2, 0.25) is 0 Å². The van der Waals surface area contributed by atoms with E-state index < -0.39 is 0 Å². The van der Waals surface area contributed by atoms with Crippen molar-refractivity contribution >= 4 is 11.8 Å². The van der Waals surface area contributed by atoms with E-state index in [1.165, 1.54) is 5.56 Å². The summed E-state index contributed by atoms with van der Waals surface area (Å²) in [4.78, 5) is 17.6. The molecule has 1 aromatic rings. The Hall–Kier alpha value is -1.85. The molecule has 2 heterocycles. The maximum Gasteiger partial charge on any atom is 0.319 e. The number of carbonyl (C=O) groups excluding carboxylic acids is 1. The van der Waals surface area contributed by atoms with Crippen LogP contribution in [0.1, 0.15) is 11.1 Å². The minimum Gasteiger partial charge on any atom is -0.351 e. The topological polar surface area (TPSA) is 52.6 Å². The molecule has 1 aromatic heterocycles. The normalized spacial score (nSPS) is 15.6. The minimum absolute atomic E-state index is 0.0756. The van der Waals surface area contributed by atoms with Gasteiger partial charge in [0.2, 0.25) is 0 Å². The van der Waals surface area contributed by atoms with Crippen molar-refractivity contribution in [3.8, 4) is 0 Å². The number of aromatic nitrogens is 2. The molecular formula is C13H21N5O. The van der Waals surface area contributed by atoms with Crippen molar-refractivity contribution < 1.29 is 4.79 Å². The molecule has 104 valence electrons. The third-order valence-corrected chi connectivity index (χ3v) is 3.56. The van der Waals surface area contributed by atoms with E-state index in [0.717, 1.165) is 37.6 Å². The highest BCUT2D eigenvalue weighted by molar-refractivity contribution is 5.74. The van der Waals surface area contributed by atoms with Gasteiger partial charge >= 0.3 is 6.03 Å². The van der Waals surface area contributed by atoms with Crippen LogP contribution in [0, 0.1) is 13.8 Å². The molecule has 0 aromatic carbocycles. The Labute approximate surface area is 114 Å². The van der Waals surface area contributed by atoms with Crippen molar-refractivity contribution in [3.05, 3.63) is 17.3 Å². The molecule has 0 bridgehead atoms. The number of amides is 2. The van der Waals surface area contributed by atoms with Crippen molar-refractivity contribution in [3.63, 3.8) is 0 Å². The molecule has 0 spiro atoms. The predicted octanol–water partition coefficient (Wildman–Crippen LogP) is 0.897. The van der Waals surface area contributed by atoms with Crippen molar-refractivity contribution in [1.29, 1.82) is 0 Å². The highest BCUT2D eigenvalue weighted by Crippen LogP contribution is 2.20. The Morgan fingerprint density at radius 1 is 1.21 bits per heavy atom. The highest BCUT2D eigenvalue weighted by atomic mass is 16.2. The van der Waals surface area contributed by atoms with Crippen LogP contribution in [-0.2, 0) is 0 Å². The second-order valence-electron chi connectivity index (χ2n) is 5.13. The molecule has 0 atom stereocenters. The average molecular weight is 263 g/mol. The lowest BCUT2D eigenvalue weighted by molar-refractivity contribution is 0.168. The number of urea groups is 1. The Bertz CT molecular complexity index is 466. The first-order valence-corrected chi connectivity index (χ1v) is 6.50. The summed E-state index contributed by atoms with van der Waals surface area (Å²) in [5.41, 5.74) is 2.32. The number of piperazine rings is 1. The largest absolute Gasteiger partial charge is 0.351 e. The predicted molar refractivity (Wildman–Crippen MR) is 74.4 cm³/mol. The molecule has 1 aliphatic rings. The van der Waals surface area contributed by atoms with E-state index in [-0.39, 0.29) is 6.03 Å². The molecule has 2 amide bonds. The Morgan fingerprint density at radius 2 is 1.84 bits per heavy atom. The summed E-state index contributed by atoms with van der Waals surface area (Å²) in [5, 5.41) is 8.25. The van der Waals surface area contributed by atoms with Crippen LogP contribution in [0.4, 0.5) is 10.6 Å². The fourth-order valence-electron chi connectivity index (χ4n) is 2.21. The van der Waals surface area contributed by atoms with E-state index in [4.69, 9.17) is 0 Å². The van der Waals surface area contributed by atoms with E-state index in [0.29, 0.717) is 0 Å². The summed E-state index contributed by atoms with van der Waals surface area (Å²) in [6.07, 6.45) is 1.78. The van der Waals surface area contributed by atoms with Gasteiger partial charge in [0, 0.05) is 40.3 Å².